The van der Waals surface area contributed by atoms with Crippen molar-refractivity contribution in [2.24, 2.45) is 5.92 Å². The lowest BCUT2D eigenvalue weighted by atomic mass is 9.85. The van der Waals surface area contributed by atoms with E-state index in [4.69, 9.17) is 0 Å². The van der Waals surface area contributed by atoms with E-state index in [9.17, 15) is 0 Å². The Morgan fingerprint density at radius 1 is 1.38 bits per heavy atom. The molecule has 0 aromatic rings. The van der Waals surface area contributed by atoms with E-state index in [1.807, 2.05) is 0 Å². The Morgan fingerprint density at radius 3 is 2.56 bits per heavy atom. The highest BCUT2D eigenvalue weighted by Crippen LogP contribution is 2.28. The maximum atomic E-state index is 3.44. The van der Waals surface area contributed by atoms with E-state index in [0.29, 0.717) is 12.1 Å². The first-order valence-electron chi connectivity index (χ1n) is 6.99. The van der Waals surface area contributed by atoms with Crippen molar-refractivity contribution in [3.8, 4) is 0 Å². The third-order valence-electron chi connectivity index (χ3n) is 4.52. The van der Waals surface area contributed by atoms with Crippen molar-refractivity contribution in [3.05, 3.63) is 0 Å². The molecule has 1 N–H and O–H groups in total. The number of nitrogens with one attached hydrogen (secondary N) is 1. The third kappa shape index (κ3) is 3.46. The van der Waals surface area contributed by atoms with Gasteiger partial charge in [0, 0.05) is 18.1 Å². The molecule has 0 bridgehead atoms. The highest BCUT2D eigenvalue weighted by atomic mass is 15.2. The van der Waals surface area contributed by atoms with Gasteiger partial charge in [0.25, 0.3) is 0 Å². The molecule has 1 fully saturated rings. The maximum Gasteiger partial charge on any atom is 0.0220 e. The Morgan fingerprint density at radius 2 is 2.06 bits per heavy atom. The van der Waals surface area contributed by atoms with Gasteiger partial charge in [0.15, 0.2) is 0 Å². The number of likely N-dealkylation sites (N-methyl/N-ethyl adjacent to an activating group) is 2. The second kappa shape index (κ2) is 6.61. The smallest absolute Gasteiger partial charge is 0.0220 e. The van der Waals surface area contributed by atoms with Gasteiger partial charge in [-0.15, -0.1) is 0 Å². The number of nitrogens with zero attached hydrogens (tertiary/aromatic N) is 1. The van der Waals surface area contributed by atoms with Crippen molar-refractivity contribution in [1.29, 1.82) is 0 Å². The van der Waals surface area contributed by atoms with E-state index < -0.39 is 0 Å². The predicted molar refractivity (Wildman–Crippen MR) is 71.8 cm³/mol. The largest absolute Gasteiger partial charge is 0.315 e. The van der Waals surface area contributed by atoms with Crippen molar-refractivity contribution in [2.45, 2.75) is 71.0 Å². The number of hydrogen-bond acceptors (Lipinski definition) is 2. The minimum Gasteiger partial charge on any atom is -0.315 e. The Kier molecular flexibility index (Phi) is 5.77. The average Bonchev–Trinajstić information content (AvgIpc) is 2.29. The highest BCUT2D eigenvalue weighted by Gasteiger charge is 2.27. The van der Waals surface area contributed by atoms with E-state index in [1.165, 1.54) is 32.1 Å². The summed E-state index contributed by atoms with van der Waals surface area (Å²) in [6.45, 7) is 7.04. The summed E-state index contributed by atoms with van der Waals surface area (Å²) < 4.78 is 0. The molecule has 2 heteroatoms. The fraction of sp³-hybridized carbons (Fsp3) is 1.00. The zero-order valence-electron chi connectivity index (χ0n) is 11.8. The minimum absolute atomic E-state index is 0.627. The van der Waals surface area contributed by atoms with Gasteiger partial charge >= 0.3 is 0 Å². The van der Waals surface area contributed by atoms with Crippen LogP contribution in [0.1, 0.15) is 52.9 Å². The molecule has 96 valence electrons. The molecule has 0 aromatic heterocycles. The molecule has 4 unspecified atom stereocenters. The third-order valence-corrected chi connectivity index (χ3v) is 4.52. The molecule has 0 radical (unpaired) electrons. The molecule has 2 nitrogen and oxygen atoms in total. The van der Waals surface area contributed by atoms with Crippen molar-refractivity contribution < 1.29 is 0 Å². The summed E-state index contributed by atoms with van der Waals surface area (Å²) in [5, 5.41) is 3.44. The van der Waals surface area contributed by atoms with Crippen molar-refractivity contribution in [2.75, 3.05) is 14.1 Å². The number of hydrogen-bond donors (Lipinski definition) is 1. The highest BCUT2D eigenvalue weighted by molar-refractivity contribution is 4.84. The average molecular weight is 226 g/mol. The van der Waals surface area contributed by atoms with Crippen LogP contribution in [0.5, 0.6) is 0 Å². The zero-order valence-corrected chi connectivity index (χ0v) is 11.8. The van der Waals surface area contributed by atoms with Crippen LogP contribution in [0.4, 0.5) is 0 Å². The van der Waals surface area contributed by atoms with Crippen LogP contribution in [-0.2, 0) is 0 Å². The molecule has 0 heterocycles. The van der Waals surface area contributed by atoms with Gasteiger partial charge in [-0.25, -0.2) is 0 Å². The van der Waals surface area contributed by atoms with Gasteiger partial charge < -0.3 is 5.32 Å². The van der Waals surface area contributed by atoms with Gasteiger partial charge in [-0.3, -0.25) is 4.90 Å². The first kappa shape index (κ1) is 14.0. The molecule has 1 aliphatic carbocycles. The second-order valence-electron chi connectivity index (χ2n) is 5.64. The van der Waals surface area contributed by atoms with Gasteiger partial charge in [0.2, 0.25) is 0 Å². The lowest BCUT2D eigenvalue weighted by Gasteiger charge is -2.40. The molecule has 0 aromatic carbocycles. The van der Waals surface area contributed by atoms with E-state index in [0.717, 1.165) is 12.0 Å². The van der Waals surface area contributed by atoms with Crippen LogP contribution >= 0.6 is 0 Å². The first-order chi connectivity index (χ1) is 7.60. The Hall–Kier alpha value is -0.0800. The summed E-state index contributed by atoms with van der Waals surface area (Å²) in [5.41, 5.74) is 0. The molecule has 0 amide bonds. The normalized spacial score (nSPS) is 30.4. The summed E-state index contributed by atoms with van der Waals surface area (Å²) in [6.07, 6.45) is 6.85. The van der Waals surface area contributed by atoms with Crippen molar-refractivity contribution >= 4 is 0 Å². The van der Waals surface area contributed by atoms with Crippen molar-refractivity contribution in [3.63, 3.8) is 0 Å². The van der Waals surface area contributed by atoms with Gasteiger partial charge in [-0.1, -0.05) is 26.7 Å². The van der Waals surface area contributed by atoms with Crippen LogP contribution < -0.4 is 5.32 Å². The van der Waals surface area contributed by atoms with Gasteiger partial charge in [0.05, 0.1) is 0 Å². The topological polar surface area (TPSA) is 15.3 Å². The summed E-state index contributed by atoms with van der Waals surface area (Å²) >= 11 is 0. The summed E-state index contributed by atoms with van der Waals surface area (Å²) in [6, 6.07) is 2.08. The lowest BCUT2D eigenvalue weighted by Crippen LogP contribution is -2.50. The Bertz CT molecular complexity index is 187. The SMILES string of the molecule is CCC(NC)C(C)N(C)C1CCCC(C)C1. The molecule has 0 spiro atoms. The van der Waals surface area contributed by atoms with Crippen LogP contribution in [0.15, 0.2) is 0 Å². The first-order valence-corrected chi connectivity index (χ1v) is 6.99. The van der Waals surface area contributed by atoms with Crippen molar-refractivity contribution in [1.82, 2.24) is 10.2 Å². The molecule has 0 aliphatic heterocycles. The predicted octanol–water partition coefficient (Wildman–Crippen LogP) is 2.88. The van der Waals surface area contributed by atoms with Gasteiger partial charge in [-0.05, 0) is 46.2 Å². The molecule has 16 heavy (non-hydrogen) atoms. The van der Waals surface area contributed by atoms with E-state index in [1.54, 1.807) is 0 Å². The maximum absolute atomic E-state index is 3.44. The van der Waals surface area contributed by atoms with Gasteiger partial charge in [0.1, 0.15) is 0 Å². The van der Waals surface area contributed by atoms with Crippen LogP contribution in [0.2, 0.25) is 0 Å². The van der Waals surface area contributed by atoms with E-state index in [2.05, 4.69) is 45.1 Å². The second-order valence-corrected chi connectivity index (χ2v) is 5.64. The monoisotopic (exact) mass is 226 g/mol. The van der Waals surface area contributed by atoms with Crippen LogP contribution in [0.3, 0.4) is 0 Å². The Labute approximate surface area is 102 Å². The number of rotatable bonds is 5. The molecule has 0 saturated heterocycles. The summed E-state index contributed by atoms with van der Waals surface area (Å²) in [7, 11) is 4.40. The molecule has 4 atom stereocenters. The Balaban J connectivity index is 2.51. The van der Waals surface area contributed by atoms with Gasteiger partial charge in [-0.2, -0.15) is 0 Å². The zero-order chi connectivity index (χ0) is 12.1. The lowest BCUT2D eigenvalue weighted by molar-refractivity contribution is 0.105. The molecule has 1 aliphatic rings. The standard InChI is InChI=1S/C14H30N2/c1-6-14(15-4)12(3)16(5)13-9-7-8-11(2)10-13/h11-15H,6-10H2,1-5H3. The van der Waals surface area contributed by atoms with Crippen LogP contribution in [-0.4, -0.2) is 37.1 Å². The summed E-state index contributed by atoms with van der Waals surface area (Å²) in [4.78, 5) is 2.61. The molecular weight excluding hydrogens is 196 g/mol. The fourth-order valence-electron chi connectivity index (χ4n) is 3.17. The molecule has 1 rings (SSSR count). The quantitative estimate of drug-likeness (QED) is 0.775. The van der Waals surface area contributed by atoms with E-state index >= 15 is 0 Å². The van der Waals surface area contributed by atoms with Crippen LogP contribution in [0.25, 0.3) is 0 Å². The van der Waals surface area contributed by atoms with Crippen LogP contribution in [0, 0.1) is 5.92 Å². The van der Waals surface area contributed by atoms with E-state index in [-0.39, 0.29) is 0 Å². The minimum atomic E-state index is 0.627. The molecule has 1 saturated carbocycles. The summed E-state index contributed by atoms with van der Waals surface area (Å²) in [5.74, 6) is 0.920. The fourth-order valence-corrected chi connectivity index (χ4v) is 3.17. The molecular formula is C14H30N2.